The van der Waals surface area contributed by atoms with Crippen molar-refractivity contribution in [3.05, 3.63) is 24.7 Å². The lowest BCUT2D eigenvalue weighted by atomic mass is 10.5. The quantitative estimate of drug-likeness (QED) is 0.376. The van der Waals surface area contributed by atoms with Crippen LogP contribution in [-0.4, -0.2) is 24.2 Å². The van der Waals surface area contributed by atoms with E-state index < -0.39 is 23.5 Å². The standard InChI is InChI=1S/C7H8O5/c1-4(8)6(9)12-5(2)7(10)11-3/h8H,1-2H2,3H3. The molecule has 0 aromatic carbocycles. The van der Waals surface area contributed by atoms with Gasteiger partial charge in [-0.05, 0) is 13.2 Å². The first-order chi connectivity index (χ1) is 5.49. The lowest BCUT2D eigenvalue weighted by molar-refractivity contribution is -0.148. The summed E-state index contributed by atoms with van der Waals surface area (Å²) in [5.41, 5.74) is 0. The van der Waals surface area contributed by atoms with E-state index in [1.807, 2.05) is 0 Å². The summed E-state index contributed by atoms with van der Waals surface area (Å²) in [6.45, 7) is 5.96. The first kappa shape index (κ1) is 10.2. The molecule has 0 heterocycles. The molecule has 66 valence electrons. The van der Waals surface area contributed by atoms with Crippen molar-refractivity contribution in [1.29, 1.82) is 0 Å². The van der Waals surface area contributed by atoms with Crippen LogP contribution in [0.4, 0.5) is 0 Å². The lowest BCUT2D eigenvalue weighted by Gasteiger charge is -2.02. The Bertz CT molecular complexity index is 240. The van der Waals surface area contributed by atoms with Gasteiger partial charge in [-0.1, -0.05) is 0 Å². The van der Waals surface area contributed by atoms with E-state index in [1.165, 1.54) is 0 Å². The van der Waals surface area contributed by atoms with E-state index in [-0.39, 0.29) is 0 Å². The van der Waals surface area contributed by atoms with Gasteiger partial charge >= 0.3 is 11.9 Å². The molecule has 0 spiro atoms. The summed E-state index contributed by atoms with van der Waals surface area (Å²) < 4.78 is 8.37. The van der Waals surface area contributed by atoms with Crippen molar-refractivity contribution < 1.29 is 24.2 Å². The second-order valence-electron chi connectivity index (χ2n) is 1.75. The van der Waals surface area contributed by atoms with Crippen LogP contribution < -0.4 is 0 Å². The summed E-state index contributed by atoms with van der Waals surface area (Å²) in [4.78, 5) is 21.1. The fourth-order valence-electron chi connectivity index (χ4n) is 0.326. The molecule has 0 radical (unpaired) electrons. The van der Waals surface area contributed by atoms with E-state index >= 15 is 0 Å². The molecule has 0 aliphatic heterocycles. The van der Waals surface area contributed by atoms with Crippen molar-refractivity contribution in [2.75, 3.05) is 7.11 Å². The fourth-order valence-corrected chi connectivity index (χ4v) is 0.326. The third kappa shape index (κ3) is 2.87. The zero-order chi connectivity index (χ0) is 9.72. The normalized spacial score (nSPS) is 8.42. The molecule has 0 aliphatic carbocycles. The first-order valence-corrected chi connectivity index (χ1v) is 2.86. The van der Waals surface area contributed by atoms with Crippen LogP contribution in [-0.2, 0) is 19.1 Å². The molecule has 0 saturated heterocycles. The van der Waals surface area contributed by atoms with Crippen LogP contribution in [0.2, 0.25) is 0 Å². The number of aliphatic hydroxyl groups is 1. The maximum Gasteiger partial charge on any atom is 0.378 e. The average Bonchev–Trinajstić information content (AvgIpc) is 2.02. The lowest BCUT2D eigenvalue weighted by Crippen LogP contribution is -2.13. The molecule has 0 aliphatic rings. The number of carbonyl (C=O) groups excluding carboxylic acids is 2. The van der Waals surface area contributed by atoms with E-state index in [4.69, 9.17) is 5.11 Å². The molecule has 0 atom stereocenters. The topological polar surface area (TPSA) is 72.8 Å². The largest absolute Gasteiger partial charge is 0.502 e. The molecule has 0 amide bonds. The van der Waals surface area contributed by atoms with E-state index in [0.29, 0.717) is 0 Å². The zero-order valence-corrected chi connectivity index (χ0v) is 6.49. The maximum atomic E-state index is 10.6. The smallest absolute Gasteiger partial charge is 0.378 e. The number of methoxy groups -OCH3 is 1. The van der Waals surface area contributed by atoms with Crippen LogP contribution in [0.3, 0.4) is 0 Å². The van der Waals surface area contributed by atoms with Gasteiger partial charge in [0.05, 0.1) is 7.11 Å². The maximum absolute atomic E-state index is 10.6. The first-order valence-electron chi connectivity index (χ1n) is 2.86. The highest BCUT2D eigenvalue weighted by Crippen LogP contribution is 1.99. The van der Waals surface area contributed by atoms with Gasteiger partial charge in [-0.15, -0.1) is 0 Å². The number of hydrogen-bond acceptors (Lipinski definition) is 5. The molecule has 0 aromatic heterocycles. The summed E-state index contributed by atoms with van der Waals surface area (Å²) in [5.74, 6) is -3.33. The molecule has 0 rings (SSSR count). The minimum absolute atomic E-state index is 0.502. The average molecular weight is 172 g/mol. The van der Waals surface area contributed by atoms with Gasteiger partial charge < -0.3 is 14.6 Å². The Morgan fingerprint density at radius 3 is 2.08 bits per heavy atom. The van der Waals surface area contributed by atoms with Crippen LogP contribution in [0.25, 0.3) is 0 Å². The number of rotatable bonds is 3. The van der Waals surface area contributed by atoms with E-state index in [2.05, 4.69) is 22.6 Å². The van der Waals surface area contributed by atoms with E-state index in [0.717, 1.165) is 7.11 Å². The molecule has 0 fully saturated rings. The molecule has 1 N–H and O–H groups in total. The Labute approximate surface area is 68.9 Å². The Morgan fingerprint density at radius 2 is 1.75 bits per heavy atom. The third-order valence-corrected chi connectivity index (χ3v) is 0.865. The number of ether oxygens (including phenoxy) is 2. The van der Waals surface area contributed by atoms with Crippen LogP contribution in [0.15, 0.2) is 24.7 Å². The van der Waals surface area contributed by atoms with Crippen LogP contribution in [0.5, 0.6) is 0 Å². The van der Waals surface area contributed by atoms with E-state index in [1.54, 1.807) is 0 Å². The van der Waals surface area contributed by atoms with Gasteiger partial charge in [-0.3, -0.25) is 0 Å². The van der Waals surface area contributed by atoms with E-state index in [9.17, 15) is 9.59 Å². The van der Waals surface area contributed by atoms with Crippen LogP contribution >= 0.6 is 0 Å². The van der Waals surface area contributed by atoms with Crippen molar-refractivity contribution in [3.63, 3.8) is 0 Å². The molecule has 0 aromatic rings. The summed E-state index contributed by atoms with van der Waals surface area (Å²) in [7, 11) is 1.11. The van der Waals surface area contributed by atoms with Crippen LogP contribution in [0.1, 0.15) is 0 Å². The summed E-state index contributed by atoms with van der Waals surface area (Å²) >= 11 is 0. The van der Waals surface area contributed by atoms with Crippen molar-refractivity contribution in [2.45, 2.75) is 0 Å². The third-order valence-electron chi connectivity index (χ3n) is 0.865. The van der Waals surface area contributed by atoms with Crippen molar-refractivity contribution in [1.82, 2.24) is 0 Å². The zero-order valence-electron chi connectivity index (χ0n) is 6.49. The molecular weight excluding hydrogens is 164 g/mol. The van der Waals surface area contributed by atoms with Crippen molar-refractivity contribution in [3.8, 4) is 0 Å². The minimum atomic E-state index is -1.13. The Balaban J connectivity index is 4.11. The highest BCUT2D eigenvalue weighted by Gasteiger charge is 2.14. The van der Waals surface area contributed by atoms with Crippen molar-refractivity contribution in [2.24, 2.45) is 0 Å². The van der Waals surface area contributed by atoms with Gasteiger partial charge in [0.15, 0.2) is 5.76 Å². The van der Waals surface area contributed by atoms with Gasteiger partial charge in [0.1, 0.15) is 0 Å². The van der Waals surface area contributed by atoms with Gasteiger partial charge in [-0.25, -0.2) is 9.59 Å². The predicted molar refractivity (Wildman–Crippen MR) is 39.0 cm³/mol. The second-order valence-corrected chi connectivity index (χ2v) is 1.75. The summed E-state index contributed by atoms with van der Waals surface area (Å²) in [5, 5.41) is 8.46. The van der Waals surface area contributed by atoms with Crippen LogP contribution in [0, 0.1) is 0 Å². The second kappa shape index (κ2) is 4.17. The van der Waals surface area contributed by atoms with Gasteiger partial charge in [0, 0.05) is 0 Å². The number of hydrogen-bond donors (Lipinski definition) is 1. The fraction of sp³-hybridized carbons (Fsp3) is 0.143. The Kier molecular flexibility index (Phi) is 3.55. The molecule has 0 unspecified atom stereocenters. The Morgan fingerprint density at radius 1 is 1.25 bits per heavy atom. The number of aliphatic hydroxyl groups excluding tert-OH is 1. The molecular formula is C7H8O5. The molecule has 0 bridgehead atoms. The van der Waals surface area contributed by atoms with Gasteiger partial charge in [-0.2, -0.15) is 0 Å². The molecule has 12 heavy (non-hydrogen) atoms. The minimum Gasteiger partial charge on any atom is -0.502 e. The SMILES string of the molecule is C=C(O)C(=O)OC(=C)C(=O)OC. The number of carbonyl (C=O) groups is 2. The summed E-state index contributed by atoms with van der Waals surface area (Å²) in [6.07, 6.45) is 0. The highest BCUT2D eigenvalue weighted by molar-refractivity contribution is 5.92. The summed E-state index contributed by atoms with van der Waals surface area (Å²) in [6, 6.07) is 0. The number of esters is 2. The Hall–Kier alpha value is -1.78. The predicted octanol–water partition coefficient (Wildman–Crippen LogP) is 0.288. The molecule has 5 nitrogen and oxygen atoms in total. The highest BCUT2D eigenvalue weighted by atomic mass is 16.6. The van der Waals surface area contributed by atoms with Gasteiger partial charge in [0.25, 0.3) is 0 Å². The monoisotopic (exact) mass is 172 g/mol. The van der Waals surface area contributed by atoms with Crippen molar-refractivity contribution >= 4 is 11.9 Å². The molecule has 5 heteroatoms. The van der Waals surface area contributed by atoms with Gasteiger partial charge in [0.2, 0.25) is 5.76 Å². The molecule has 0 saturated carbocycles.